The van der Waals surface area contributed by atoms with Crippen LogP contribution in [0.2, 0.25) is 0 Å². The number of rotatable bonds is 17. The molecule has 0 aromatic rings. The minimum Gasteiger partial charge on any atom is -0.425 e. The van der Waals surface area contributed by atoms with Gasteiger partial charge in [-0.05, 0) is 0 Å². The van der Waals surface area contributed by atoms with Crippen molar-refractivity contribution in [3.8, 4) is 0 Å². The van der Waals surface area contributed by atoms with Gasteiger partial charge in [0.25, 0.3) is 23.9 Å². The van der Waals surface area contributed by atoms with E-state index in [0.29, 0.717) is 39.6 Å². The van der Waals surface area contributed by atoms with Gasteiger partial charge in [0.2, 0.25) is 0 Å². The number of imide groups is 1. The molecule has 0 fully saturated rings. The molecule has 33 heavy (non-hydrogen) atoms. The summed E-state index contributed by atoms with van der Waals surface area (Å²) < 4.78 is 62.3. The lowest BCUT2D eigenvalue weighted by Crippen LogP contribution is -2.53. The van der Waals surface area contributed by atoms with E-state index < -0.39 is 36.1 Å². The summed E-state index contributed by atoms with van der Waals surface area (Å²) in [5.74, 6) is -6.23. The fourth-order valence-electron chi connectivity index (χ4n) is 2.21. The van der Waals surface area contributed by atoms with E-state index in [1.54, 1.807) is 0 Å². The Morgan fingerprint density at radius 3 is 1.79 bits per heavy atom. The highest BCUT2D eigenvalue weighted by atomic mass is 19.4. The summed E-state index contributed by atoms with van der Waals surface area (Å²) in [5, 5.41) is 2.13. The summed E-state index contributed by atoms with van der Waals surface area (Å²) in [6, 6.07) is 0. The Bertz CT molecular complexity index is 671. The Labute approximate surface area is 187 Å². The van der Waals surface area contributed by atoms with Crippen molar-refractivity contribution in [1.82, 2.24) is 10.2 Å². The summed E-state index contributed by atoms with van der Waals surface area (Å²) in [4.78, 5) is 46.7. The van der Waals surface area contributed by atoms with Crippen LogP contribution in [0.3, 0.4) is 0 Å². The largest absolute Gasteiger partial charge is 0.491 e. The third kappa shape index (κ3) is 11.2. The summed E-state index contributed by atoms with van der Waals surface area (Å²) in [7, 11) is 0. The molecule has 1 aliphatic rings. The average Bonchev–Trinajstić information content (AvgIpc) is 3.09. The molecule has 188 valence electrons. The average molecular weight is 485 g/mol. The van der Waals surface area contributed by atoms with Crippen LogP contribution in [-0.4, -0.2) is 107 Å². The number of hydrogen-bond donors (Lipinski definition) is 2. The monoisotopic (exact) mass is 485 g/mol. The van der Waals surface area contributed by atoms with Crippen molar-refractivity contribution in [2.45, 2.75) is 12.4 Å². The number of amides is 3. The molecule has 0 aliphatic carbocycles. The molecule has 1 heterocycles. The number of nitrogens with one attached hydrogen (secondary N) is 1. The van der Waals surface area contributed by atoms with Crippen molar-refractivity contribution >= 4 is 23.7 Å². The van der Waals surface area contributed by atoms with Crippen LogP contribution in [0.25, 0.3) is 0 Å². The van der Waals surface area contributed by atoms with Crippen molar-refractivity contribution < 1.29 is 56.0 Å². The molecule has 0 radical (unpaired) electrons. The lowest BCUT2D eigenvalue weighted by atomic mass is 10.4. The van der Waals surface area contributed by atoms with Gasteiger partial charge in [-0.3, -0.25) is 14.4 Å². The molecule has 1 rings (SSSR count). The summed E-state index contributed by atoms with van der Waals surface area (Å²) in [6.45, 7) is 2.50. The molecular formula is C18H26F3N3O9. The number of carbonyl (C=O) groups excluding carboxylic acids is 4. The van der Waals surface area contributed by atoms with E-state index >= 15 is 0 Å². The van der Waals surface area contributed by atoms with Gasteiger partial charge in [0, 0.05) is 25.2 Å². The fourth-order valence-corrected chi connectivity index (χ4v) is 2.21. The molecule has 15 heteroatoms. The first-order valence-corrected chi connectivity index (χ1v) is 9.80. The molecule has 0 aromatic carbocycles. The van der Waals surface area contributed by atoms with Crippen LogP contribution in [0.4, 0.5) is 13.2 Å². The first-order chi connectivity index (χ1) is 15.7. The van der Waals surface area contributed by atoms with E-state index in [1.165, 1.54) is 0 Å². The van der Waals surface area contributed by atoms with Crippen LogP contribution in [0.1, 0.15) is 0 Å². The van der Waals surface area contributed by atoms with Crippen molar-refractivity contribution in [3.63, 3.8) is 0 Å². The first-order valence-electron chi connectivity index (χ1n) is 9.80. The highest BCUT2D eigenvalue weighted by Gasteiger charge is 2.47. The smallest absolute Gasteiger partial charge is 0.425 e. The van der Waals surface area contributed by atoms with Gasteiger partial charge in [0.05, 0.1) is 52.9 Å². The predicted octanol–water partition coefficient (Wildman–Crippen LogP) is -1.52. The third-order valence-electron chi connectivity index (χ3n) is 3.68. The molecule has 0 aromatic heterocycles. The van der Waals surface area contributed by atoms with Gasteiger partial charge >= 0.3 is 12.1 Å². The van der Waals surface area contributed by atoms with E-state index in [2.05, 4.69) is 10.1 Å². The van der Waals surface area contributed by atoms with E-state index in [-0.39, 0.29) is 31.3 Å². The second kappa shape index (κ2) is 15.3. The minimum absolute atomic E-state index is 0.0653. The van der Waals surface area contributed by atoms with Crippen LogP contribution in [0.15, 0.2) is 12.2 Å². The molecule has 12 nitrogen and oxygen atoms in total. The van der Waals surface area contributed by atoms with E-state index in [0.717, 1.165) is 12.2 Å². The lowest BCUT2D eigenvalue weighted by molar-refractivity contribution is -0.212. The highest BCUT2D eigenvalue weighted by molar-refractivity contribution is 6.15. The Morgan fingerprint density at radius 2 is 1.33 bits per heavy atom. The summed E-state index contributed by atoms with van der Waals surface area (Å²) in [6.07, 6.45) is -6.38. The van der Waals surface area contributed by atoms with Gasteiger partial charge in [-0.2, -0.15) is 13.2 Å². The second-order valence-electron chi connectivity index (χ2n) is 6.16. The van der Waals surface area contributed by atoms with Gasteiger partial charge in [0.1, 0.15) is 0 Å². The maximum Gasteiger partial charge on any atom is 0.491 e. The van der Waals surface area contributed by atoms with Crippen LogP contribution >= 0.6 is 0 Å². The normalized spacial score (nSPS) is 14.6. The maximum atomic E-state index is 12.5. The number of hydrogen-bond acceptors (Lipinski definition) is 10. The Morgan fingerprint density at radius 1 is 0.879 bits per heavy atom. The van der Waals surface area contributed by atoms with E-state index in [9.17, 15) is 32.3 Å². The van der Waals surface area contributed by atoms with Crippen LogP contribution in [0.5, 0.6) is 0 Å². The molecule has 1 atom stereocenters. The number of ether oxygens (including phenoxy) is 5. The number of nitrogens with two attached hydrogens (primary N) is 1. The Balaban J connectivity index is 2.25. The number of halogens is 3. The number of esters is 1. The summed E-state index contributed by atoms with van der Waals surface area (Å²) in [5.41, 5.74) is 5.26. The zero-order chi connectivity index (χ0) is 24.7. The number of carbonyl (C=O) groups is 4. The lowest BCUT2D eigenvalue weighted by Gasteiger charge is -2.25. The van der Waals surface area contributed by atoms with Gasteiger partial charge in [0.15, 0.2) is 0 Å². The van der Waals surface area contributed by atoms with Crippen LogP contribution in [0, 0.1) is 0 Å². The number of nitrogens with zero attached hydrogens (tertiary/aromatic N) is 1. The van der Waals surface area contributed by atoms with Crippen molar-refractivity contribution in [2.24, 2.45) is 5.73 Å². The Hall–Kier alpha value is -2.59. The molecule has 0 spiro atoms. The molecule has 3 N–H and O–H groups in total. The van der Waals surface area contributed by atoms with Crippen LogP contribution < -0.4 is 11.1 Å². The molecule has 0 saturated heterocycles. The van der Waals surface area contributed by atoms with Gasteiger partial charge in [-0.25, -0.2) is 9.69 Å². The molecule has 1 unspecified atom stereocenters. The van der Waals surface area contributed by atoms with Gasteiger partial charge in [-0.15, -0.1) is 0 Å². The van der Waals surface area contributed by atoms with Crippen molar-refractivity contribution in [2.75, 3.05) is 65.9 Å². The van der Waals surface area contributed by atoms with E-state index in [4.69, 9.17) is 24.7 Å². The predicted molar refractivity (Wildman–Crippen MR) is 102 cm³/mol. The summed E-state index contributed by atoms with van der Waals surface area (Å²) >= 11 is 0. The maximum absolute atomic E-state index is 12.5. The fraction of sp³-hybridized carbons (Fsp3) is 0.667. The Kier molecular flexibility index (Phi) is 13.2. The molecular weight excluding hydrogens is 459 g/mol. The van der Waals surface area contributed by atoms with E-state index in [1.807, 2.05) is 0 Å². The van der Waals surface area contributed by atoms with Crippen molar-refractivity contribution in [1.29, 1.82) is 0 Å². The number of alkyl halides is 3. The van der Waals surface area contributed by atoms with Crippen LogP contribution in [-0.2, 0) is 42.9 Å². The van der Waals surface area contributed by atoms with Gasteiger partial charge < -0.3 is 34.7 Å². The third-order valence-corrected chi connectivity index (χ3v) is 3.68. The second-order valence-corrected chi connectivity index (χ2v) is 6.16. The molecule has 0 saturated carbocycles. The topological polar surface area (TPSA) is 156 Å². The highest BCUT2D eigenvalue weighted by Crippen LogP contribution is 2.20. The molecule has 0 bridgehead atoms. The SMILES string of the molecule is NCCOCCOCCOCCOCCNC(=O)C(OC(=O)C(F)(F)F)N1C(=O)C=CC1=O. The quantitative estimate of drug-likeness (QED) is 0.141. The standard InChI is InChI=1S/C18H26F3N3O9/c19-18(20,21)17(28)33-16(24-13(25)1-2-14(24)26)15(27)23-4-6-30-8-10-32-12-11-31-9-7-29-5-3-22/h1-2,16H,3-12,22H2,(H,23,27). The first kappa shape index (κ1) is 28.4. The minimum atomic E-state index is -5.43. The zero-order valence-electron chi connectivity index (χ0n) is 17.6. The van der Waals surface area contributed by atoms with Gasteiger partial charge in [-0.1, -0.05) is 0 Å². The molecule has 3 amide bonds. The molecule has 1 aliphatic heterocycles. The van der Waals surface area contributed by atoms with Crippen molar-refractivity contribution in [3.05, 3.63) is 12.2 Å². The zero-order valence-corrected chi connectivity index (χ0v) is 17.6.